The van der Waals surface area contributed by atoms with Gasteiger partial charge in [-0.1, -0.05) is 0 Å². The van der Waals surface area contributed by atoms with Crippen molar-refractivity contribution in [3.63, 3.8) is 0 Å². The van der Waals surface area contributed by atoms with Crippen LogP contribution in [-0.4, -0.2) is 36.8 Å². The largest absolute Gasteiger partial charge is 0.493 e. The normalized spacial score (nSPS) is 22.9. The summed E-state index contributed by atoms with van der Waals surface area (Å²) in [5.41, 5.74) is 1.94. The smallest absolute Gasteiger partial charge is 0.163 e. The van der Waals surface area contributed by atoms with E-state index in [1.165, 1.54) is 0 Å². The molecule has 2 N–H and O–H groups in total. The number of piperidine rings is 1. The zero-order valence-corrected chi connectivity index (χ0v) is 12.2. The van der Waals surface area contributed by atoms with Crippen molar-refractivity contribution in [3.8, 4) is 11.5 Å². The Labute approximate surface area is 118 Å². The Kier molecular flexibility index (Phi) is 3.53. The summed E-state index contributed by atoms with van der Waals surface area (Å²) in [6.07, 6.45) is 2.24. The average molecular weight is 275 g/mol. The Morgan fingerprint density at radius 2 is 1.95 bits per heavy atom. The minimum absolute atomic E-state index is 0.496. The topological polar surface area (TPSA) is 59.2 Å². The molecule has 2 atom stereocenters. The van der Waals surface area contributed by atoms with E-state index in [1.807, 2.05) is 12.1 Å². The van der Waals surface area contributed by atoms with E-state index in [0.717, 1.165) is 47.7 Å². The van der Waals surface area contributed by atoms with Gasteiger partial charge in [-0.15, -0.1) is 0 Å². The summed E-state index contributed by atoms with van der Waals surface area (Å²) < 4.78 is 10.7. The Morgan fingerprint density at radius 1 is 1.20 bits per heavy atom. The SMILES string of the molecule is COc1cc2nc(C3CCNC(C)C3)[nH]c2cc1OC. The first-order valence-electron chi connectivity index (χ1n) is 7.06. The Bertz CT molecular complexity index is 567. The highest BCUT2D eigenvalue weighted by Gasteiger charge is 2.23. The lowest BCUT2D eigenvalue weighted by molar-refractivity contribution is 0.356. The number of benzene rings is 1. The van der Waals surface area contributed by atoms with Crippen molar-refractivity contribution in [2.75, 3.05) is 20.8 Å². The van der Waals surface area contributed by atoms with E-state index in [1.54, 1.807) is 14.2 Å². The van der Waals surface area contributed by atoms with Gasteiger partial charge in [-0.05, 0) is 26.3 Å². The summed E-state index contributed by atoms with van der Waals surface area (Å²) in [4.78, 5) is 8.17. The molecular weight excluding hydrogens is 254 g/mol. The molecular formula is C15H21N3O2. The third-order valence-electron chi connectivity index (χ3n) is 4.02. The Morgan fingerprint density at radius 3 is 2.65 bits per heavy atom. The number of aromatic amines is 1. The molecule has 0 bridgehead atoms. The average Bonchev–Trinajstić information content (AvgIpc) is 2.88. The molecule has 3 rings (SSSR count). The molecule has 1 aliphatic heterocycles. The van der Waals surface area contributed by atoms with Gasteiger partial charge in [-0.25, -0.2) is 4.98 Å². The second-order valence-electron chi connectivity index (χ2n) is 5.42. The molecule has 2 aromatic rings. The second-order valence-corrected chi connectivity index (χ2v) is 5.42. The van der Waals surface area contributed by atoms with Crippen molar-refractivity contribution >= 4 is 11.0 Å². The van der Waals surface area contributed by atoms with Crippen LogP contribution in [0.4, 0.5) is 0 Å². The van der Waals surface area contributed by atoms with Crippen LogP contribution in [0, 0.1) is 0 Å². The van der Waals surface area contributed by atoms with Gasteiger partial charge >= 0.3 is 0 Å². The number of hydrogen-bond donors (Lipinski definition) is 2. The zero-order chi connectivity index (χ0) is 14.1. The van der Waals surface area contributed by atoms with Crippen LogP contribution in [0.25, 0.3) is 11.0 Å². The molecule has 2 heterocycles. The maximum Gasteiger partial charge on any atom is 0.163 e. The van der Waals surface area contributed by atoms with Crippen LogP contribution in [0.2, 0.25) is 0 Å². The van der Waals surface area contributed by atoms with Crippen LogP contribution in [-0.2, 0) is 0 Å². The number of nitrogens with one attached hydrogen (secondary N) is 2. The van der Waals surface area contributed by atoms with Gasteiger partial charge < -0.3 is 19.8 Å². The minimum atomic E-state index is 0.496. The fourth-order valence-electron chi connectivity index (χ4n) is 2.93. The monoisotopic (exact) mass is 275 g/mol. The molecule has 5 heteroatoms. The number of fused-ring (bicyclic) bond motifs is 1. The summed E-state index contributed by atoms with van der Waals surface area (Å²) >= 11 is 0. The second kappa shape index (κ2) is 5.32. The lowest BCUT2D eigenvalue weighted by Gasteiger charge is -2.26. The molecule has 20 heavy (non-hydrogen) atoms. The molecule has 1 fully saturated rings. The lowest BCUT2D eigenvalue weighted by atomic mass is 9.93. The van der Waals surface area contributed by atoms with Crippen LogP contribution in [0.5, 0.6) is 11.5 Å². The van der Waals surface area contributed by atoms with Gasteiger partial charge in [0.25, 0.3) is 0 Å². The summed E-state index contributed by atoms with van der Waals surface area (Å²) in [7, 11) is 3.29. The van der Waals surface area contributed by atoms with Crippen LogP contribution in [0.15, 0.2) is 12.1 Å². The van der Waals surface area contributed by atoms with Gasteiger partial charge in [-0.3, -0.25) is 0 Å². The third-order valence-corrected chi connectivity index (χ3v) is 4.02. The van der Waals surface area contributed by atoms with Crippen molar-refractivity contribution in [2.45, 2.75) is 31.7 Å². The van der Waals surface area contributed by atoms with E-state index in [2.05, 4.69) is 17.2 Å². The molecule has 1 aromatic heterocycles. The Balaban J connectivity index is 1.97. The summed E-state index contributed by atoms with van der Waals surface area (Å²) in [6.45, 7) is 3.27. The maximum absolute atomic E-state index is 5.33. The van der Waals surface area contributed by atoms with E-state index in [9.17, 15) is 0 Å². The first-order valence-corrected chi connectivity index (χ1v) is 7.06. The first-order chi connectivity index (χ1) is 9.71. The summed E-state index contributed by atoms with van der Waals surface area (Å²) in [5.74, 6) is 3.02. The number of ether oxygens (including phenoxy) is 2. The summed E-state index contributed by atoms with van der Waals surface area (Å²) in [6, 6.07) is 4.43. The quantitative estimate of drug-likeness (QED) is 0.903. The van der Waals surface area contributed by atoms with Crippen molar-refractivity contribution in [2.24, 2.45) is 0 Å². The number of imidazole rings is 1. The number of H-pyrrole nitrogens is 1. The predicted octanol–water partition coefficient (Wildman–Crippen LogP) is 2.44. The highest BCUT2D eigenvalue weighted by Crippen LogP contribution is 2.33. The van der Waals surface area contributed by atoms with Gasteiger partial charge in [0.05, 0.1) is 25.3 Å². The fraction of sp³-hybridized carbons (Fsp3) is 0.533. The van der Waals surface area contributed by atoms with E-state index < -0.39 is 0 Å². The van der Waals surface area contributed by atoms with Crippen LogP contribution in [0.1, 0.15) is 31.5 Å². The highest BCUT2D eigenvalue weighted by atomic mass is 16.5. The van der Waals surface area contributed by atoms with E-state index in [0.29, 0.717) is 12.0 Å². The number of methoxy groups -OCH3 is 2. The fourth-order valence-corrected chi connectivity index (χ4v) is 2.93. The standard InChI is InChI=1S/C15H21N3O2/c1-9-6-10(4-5-16-9)15-17-11-7-13(19-2)14(20-3)8-12(11)18-15/h7-10,16H,4-6H2,1-3H3,(H,17,18). The predicted molar refractivity (Wildman–Crippen MR) is 78.6 cm³/mol. The molecule has 2 unspecified atom stereocenters. The van der Waals surface area contributed by atoms with Gasteiger partial charge in [0.1, 0.15) is 5.82 Å². The number of nitrogens with zero attached hydrogens (tertiary/aromatic N) is 1. The third kappa shape index (κ3) is 2.33. The zero-order valence-electron chi connectivity index (χ0n) is 12.2. The van der Waals surface area contributed by atoms with E-state index >= 15 is 0 Å². The maximum atomic E-state index is 5.33. The molecule has 1 saturated heterocycles. The molecule has 108 valence electrons. The number of aromatic nitrogens is 2. The molecule has 1 aromatic carbocycles. The first kappa shape index (κ1) is 13.2. The van der Waals surface area contributed by atoms with Crippen LogP contribution < -0.4 is 14.8 Å². The number of rotatable bonds is 3. The van der Waals surface area contributed by atoms with Gasteiger partial charge in [0.15, 0.2) is 11.5 Å². The van der Waals surface area contributed by atoms with Crippen molar-refractivity contribution < 1.29 is 9.47 Å². The van der Waals surface area contributed by atoms with Crippen molar-refractivity contribution in [1.82, 2.24) is 15.3 Å². The van der Waals surface area contributed by atoms with Crippen molar-refractivity contribution in [1.29, 1.82) is 0 Å². The molecule has 5 nitrogen and oxygen atoms in total. The van der Waals surface area contributed by atoms with Gasteiger partial charge in [0, 0.05) is 24.1 Å². The van der Waals surface area contributed by atoms with Gasteiger partial charge in [0.2, 0.25) is 0 Å². The molecule has 0 aliphatic carbocycles. The number of hydrogen-bond acceptors (Lipinski definition) is 4. The van der Waals surface area contributed by atoms with Crippen molar-refractivity contribution in [3.05, 3.63) is 18.0 Å². The summed E-state index contributed by atoms with van der Waals surface area (Å²) in [5, 5.41) is 3.47. The molecule has 0 amide bonds. The van der Waals surface area contributed by atoms with E-state index in [4.69, 9.17) is 14.5 Å². The molecule has 1 aliphatic rings. The van der Waals surface area contributed by atoms with Crippen LogP contribution >= 0.6 is 0 Å². The van der Waals surface area contributed by atoms with Crippen LogP contribution in [0.3, 0.4) is 0 Å². The Hall–Kier alpha value is -1.75. The lowest BCUT2D eigenvalue weighted by Crippen LogP contribution is -2.35. The molecule has 0 radical (unpaired) electrons. The van der Waals surface area contributed by atoms with E-state index in [-0.39, 0.29) is 0 Å². The highest BCUT2D eigenvalue weighted by molar-refractivity contribution is 5.79. The van der Waals surface area contributed by atoms with Gasteiger partial charge in [-0.2, -0.15) is 0 Å². The minimum Gasteiger partial charge on any atom is -0.493 e. The molecule has 0 saturated carbocycles. The molecule has 0 spiro atoms.